The predicted octanol–water partition coefficient (Wildman–Crippen LogP) is 2.81. The van der Waals surface area contributed by atoms with Crippen molar-refractivity contribution in [1.29, 1.82) is 0 Å². The number of benzene rings is 1. The highest BCUT2D eigenvalue weighted by molar-refractivity contribution is 5.58. The first-order chi connectivity index (χ1) is 8.25. The molecule has 1 aromatic rings. The molecule has 1 aliphatic rings. The minimum absolute atomic E-state index is 0.847. The van der Waals surface area contributed by atoms with E-state index in [0.29, 0.717) is 0 Å². The van der Waals surface area contributed by atoms with E-state index in [1.54, 1.807) is 0 Å². The van der Waals surface area contributed by atoms with E-state index in [-0.39, 0.29) is 0 Å². The van der Waals surface area contributed by atoms with Gasteiger partial charge in [-0.1, -0.05) is 6.07 Å². The molecule has 0 aromatic heterocycles. The number of ether oxygens (including phenoxy) is 1. The van der Waals surface area contributed by atoms with E-state index < -0.39 is 0 Å². The van der Waals surface area contributed by atoms with Crippen molar-refractivity contribution in [1.82, 2.24) is 0 Å². The van der Waals surface area contributed by atoms with Crippen molar-refractivity contribution < 1.29 is 4.74 Å². The standard InChI is InChI=1S/C14H22N2O/c1-11-3-6-13(9-14(11)15)16-7-2-8-17-10-12-4-5-12/h3,6,9,12,16H,2,4-5,7-8,10,15H2,1H3. The molecular weight excluding hydrogens is 212 g/mol. The van der Waals surface area contributed by atoms with Gasteiger partial charge in [-0.2, -0.15) is 0 Å². The molecule has 0 aliphatic heterocycles. The summed E-state index contributed by atoms with van der Waals surface area (Å²) in [6, 6.07) is 6.10. The fourth-order valence-corrected chi connectivity index (χ4v) is 1.69. The Kier molecular flexibility index (Phi) is 4.26. The van der Waals surface area contributed by atoms with E-state index in [1.807, 2.05) is 19.1 Å². The molecule has 0 radical (unpaired) electrons. The van der Waals surface area contributed by atoms with Crippen LogP contribution in [0.3, 0.4) is 0 Å². The molecule has 1 fully saturated rings. The highest BCUT2D eigenvalue weighted by atomic mass is 16.5. The second-order valence-electron chi connectivity index (χ2n) is 4.87. The van der Waals surface area contributed by atoms with Crippen molar-refractivity contribution in [2.24, 2.45) is 5.92 Å². The number of nitrogen functional groups attached to an aromatic ring is 1. The molecule has 94 valence electrons. The van der Waals surface area contributed by atoms with Crippen molar-refractivity contribution in [3.05, 3.63) is 23.8 Å². The first-order valence-corrected chi connectivity index (χ1v) is 6.43. The zero-order valence-electron chi connectivity index (χ0n) is 10.5. The third kappa shape index (κ3) is 4.27. The fraction of sp³-hybridized carbons (Fsp3) is 0.571. The molecular formula is C14H22N2O. The SMILES string of the molecule is Cc1ccc(NCCCOCC2CC2)cc1N. The first kappa shape index (κ1) is 12.2. The summed E-state index contributed by atoms with van der Waals surface area (Å²) >= 11 is 0. The summed E-state index contributed by atoms with van der Waals surface area (Å²) in [6.45, 7) is 4.76. The lowest BCUT2D eigenvalue weighted by Crippen LogP contribution is -2.07. The van der Waals surface area contributed by atoms with E-state index >= 15 is 0 Å². The van der Waals surface area contributed by atoms with Gasteiger partial charge >= 0.3 is 0 Å². The van der Waals surface area contributed by atoms with Crippen LogP contribution in [0.5, 0.6) is 0 Å². The molecule has 0 atom stereocenters. The van der Waals surface area contributed by atoms with Crippen LogP contribution in [0.4, 0.5) is 11.4 Å². The zero-order chi connectivity index (χ0) is 12.1. The van der Waals surface area contributed by atoms with Crippen LogP contribution in [0.15, 0.2) is 18.2 Å². The van der Waals surface area contributed by atoms with Gasteiger partial charge in [0.15, 0.2) is 0 Å². The lowest BCUT2D eigenvalue weighted by Gasteiger charge is -2.08. The molecule has 0 saturated heterocycles. The minimum atomic E-state index is 0.847. The largest absolute Gasteiger partial charge is 0.398 e. The van der Waals surface area contributed by atoms with E-state index in [9.17, 15) is 0 Å². The van der Waals surface area contributed by atoms with Crippen LogP contribution in [0.1, 0.15) is 24.8 Å². The molecule has 1 saturated carbocycles. The van der Waals surface area contributed by atoms with Gasteiger partial charge in [0.2, 0.25) is 0 Å². The first-order valence-electron chi connectivity index (χ1n) is 6.43. The quantitative estimate of drug-likeness (QED) is 0.563. The van der Waals surface area contributed by atoms with Crippen molar-refractivity contribution in [2.45, 2.75) is 26.2 Å². The summed E-state index contributed by atoms with van der Waals surface area (Å²) in [5, 5.41) is 3.36. The van der Waals surface area contributed by atoms with Gasteiger partial charge in [-0.3, -0.25) is 0 Å². The molecule has 1 aromatic carbocycles. The number of nitrogens with one attached hydrogen (secondary N) is 1. The summed E-state index contributed by atoms with van der Waals surface area (Å²) in [7, 11) is 0. The maximum Gasteiger partial charge on any atom is 0.0494 e. The van der Waals surface area contributed by atoms with Crippen molar-refractivity contribution >= 4 is 11.4 Å². The molecule has 0 amide bonds. The number of hydrogen-bond acceptors (Lipinski definition) is 3. The summed E-state index contributed by atoms with van der Waals surface area (Å²) in [5.74, 6) is 0.861. The molecule has 3 heteroatoms. The number of nitrogens with two attached hydrogens (primary N) is 1. The molecule has 0 bridgehead atoms. The van der Waals surface area contributed by atoms with Crippen LogP contribution in [-0.2, 0) is 4.74 Å². The predicted molar refractivity (Wildman–Crippen MR) is 72.2 cm³/mol. The van der Waals surface area contributed by atoms with Gasteiger partial charge in [-0.15, -0.1) is 0 Å². The van der Waals surface area contributed by atoms with Crippen molar-refractivity contribution in [3.63, 3.8) is 0 Å². The maximum absolute atomic E-state index is 5.85. The molecule has 0 unspecified atom stereocenters. The van der Waals surface area contributed by atoms with Gasteiger partial charge in [0.1, 0.15) is 0 Å². The summed E-state index contributed by atoms with van der Waals surface area (Å²) in [5.41, 5.74) is 8.92. The lowest BCUT2D eigenvalue weighted by molar-refractivity contribution is 0.124. The molecule has 0 heterocycles. The number of aryl methyl sites for hydroxylation is 1. The van der Waals surface area contributed by atoms with Crippen LogP contribution in [0, 0.1) is 12.8 Å². The average Bonchev–Trinajstić information content (AvgIpc) is 3.12. The Bertz CT molecular complexity index is 361. The smallest absolute Gasteiger partial charge is 0.0494 e. The Morgan fingerprint density at radius 2 is 2.24 bits per heavy atom. The Balaban J connectivity index is 1.58. The maximum atomic E-state index is 5.85. The van der Waals surface area contributed by atoms with E-state index in [1.165, 1.54) is 12.8 Å². The molecule has 1 aliphatic carbocycles. The summed E-state index contributed by atoms with van der Waals surface area (Å²) in [6.07, 6.45) is 3.77. The van der Waals surface area contributed by atoms with E-state index in [0.717, 1.165) is 49.0 Å². The third-order valence-corrected chi connectivity index (χ3v) is 3.12. The lowest BCUT2D eigenvalue weighted by atomic mass is 10.2. The number of hydrogen-bond donors (Lipinski definition) is 2. The second kappa shape index (κ2) is 5.92. The second-order valence-corrected chi connectivity index (χ2v) is 4.87. The minimum Gasteiger partial charge on any atom is -0.398 e. The Labute approximate surface area is 103 Å². The van der Waals surface area contributed by atoms with Gasteiger partial charge in [-0.25, -0.2) is 0 Å². The molecule has 17 heavy (non-hydrogen) atoms. The Hall–Kier alpha value is -1.22. The topological polar surface area (TPSA) is 47.3 Å². The van der Waals surface area contributed by atoms with E-state index in [2.05, 4.69) is 11.4 Å². The number of rotatable bonds is 7. The van der Waals surface area contributed by atoms with Gasteiger partial charge in [0, 0.05) is 31.1 Å². The zero-order valence-corrected chi connectivity index (χ0v) is 10.5. The number of anilines is 2. The molecule has 0 spiro atoms. The van der Waals surface area contributed by atoms with Gasteiger partial charge in [0.25, 0.3) is 0 Å². The Morgan fingerprint density at radius 3 is 2.94 bits per heavy atom. The molecule has 2 rings (SSSR count). The van der Waals surface area contributed by atoms with Crippen molar-refractivity contribution in [2.75, 3.05) is 30.8 Å². The molecule has 3 N–H and O–H groups in total. The van der Waals surface area contributed by atoms with Crippen LogP contribution in [0.2, 0.25) is 0 Å². The van der Waals surface area contributed by atoms with Gasteiger partial charge < -0.3 is 15.8 Å². The van der Waals surface area contributed by atoms with Crippen molar-refractivity contribution in [3.8, 4) is 0 Å². The Morgan fingerprint density at radius 1 is 1.41 bits per heavy atom. The van der Waals surface area contributed by atoms with Gasteiger partial charge in [-0.05, 0) is 49.8 Å². The van der Waals surface area contributed by atoms with E-state index in [4.69, 9.17) is 10.5 Å². The van der Waals surface area contributed by atoms with Gasteiger partial charge in [0.05, 0.1) is 0 Å². The van der Waals surface area contributed by atoms with Crippen LogP contribution in [-0.4, -0.2) is 19.8 Å². The highest BCUT2D eigenvalue weighted by Crippen LogP contribution is 2.28. The average molecular weight is 234 g/mol. The van der Waals surface area contributed by atoms with Crippen LogP contribution in [0.25, 0.3) is 0 Å². The fourth-order valence-electron chi connectivity index (χ4n) is 1.69. The normalized spacial score (nSPS) is 14.9. The molecule has 3 nitrogen and oxygen atoms in total. The van der Waals surface area contributed by atoms with Crippen LogP contribution >= 0.6 is 0 Å². The third-order valence-electron chi connectivity index (χ3n) is 3.12. The summed E-state index contributed by atoms with van der Waals surface area (Å²) in [4.78, 5) is 0. The summed E-state index contributed by atoms with van der Waals surface area (Å²) < 4.78 is 5.57. The van der Waals surface area contributed by atoms with Crippen LogP contribution < -0.4 is 11.1 Å². The monoisotopic (exact) mass is 234 g/mol. The highest BCUT2D eigenvalue weighted by Gasteiger charge is 2.20.